The van der Waals surface area contributed by atoms with E-state index in [9.17, 15) is 18.0 Å². The first-order valence-corrected chi connectivity index (χ1v) is 11.5. The van der Waals surface area contributed by atoms with Gasteiger partial charge in [0, 0.05) is 4.90 Å². The van der Waals surface area contributed by atoms with Crippen molar-refractivity contribution in [3.63, 3.8) is 0 Å². The third-order valence-corrected chi connectivity index (χ3v) is 6.53. The number of carbonyl (C=O) groups is 1. The van der Waals surface area contributed by atoms with Crippen LogP contribution in [-0.4, -0.2) is 24.7 Å². The van der Waals surface area contributed by atoms with Crippen molar-refractivity contribution in [1.82, 2.24) is 4.72 Å². The second-order valence-corrected chi connectivity index (χ2v) is 9.48. The molecule has 4 nitrogen and oxygen atoms in total. The Labute approximate surface area is 190 Å². The van der Waals surface area contributed by atoms with Crippen molar-refractivity contribution in [3.05, 3.63) is 58.7 Å². The summed E-state index contributed by atoms with van der Waals surface area (Å²) in [6.07, 6.45) is 2.14. The van der Waals surface area contributed by atoms with Gasteiger partial charge in [0.15, 0.2) is 6.61 Å². The zero-order valence-electron chi connectivity index (χ0n) is 18.2. The smallest absolute Gasteiger partial charge is 0.416 e. The highest BCUT2D eigenvalue weighted by atomic mass is 32.2. The van der Waals surface area contributed by atoms with E-state index in [1.165, 1.54) is 48.0 Å². The normalized spacial score (nSPS) is 16.4. The molecule has 0 saturated heterocycles. The molecule has 2 aliphatic carbocycles. The first-order chi connectivity index (χ1) is 15.1. The average Bonchev–Trinajstić information content (AvgIpc) is 3.51. The van der Waals surface area contributed by atoms with Gasteiger partial charge < -0.3 is 9.84 Å². The highest BCUT2D eigenvalue weighted by Crippen LogP contribution is 2.49. The minimum atomic E-state index is -4.27. The lowest BCUT2D eigenvalue weighted by molar-refractivity contribution is -0.139. The Bertz CT molecular complexity index is 934. The van der Waals surface area contributed by atoms with E-state index in [1.807, 2.05) is 25.1 Å². The zero-order chi connectivity index (χ0) is 23.4. The van der Waals surface area contributed by atoms with Crippen LogP contribution in [0.1, 0.15) is 54.9 Å². The van der Waals surface area contributed by atoms with E-state index in [0.29, 0.717) is 4.90 Å². The molecule has 0 radical (unpaired) electrons. The van der Waals surface area contributed by atoms with Crippen LogP contribution in [0.3, 0.4) is 0 Å². The van der Waals surface area contributed by atoms with Crippen LogP contribution in [0.2, 0.25) is 0 Å². The van der Waals surface area contributed by atoms with Gasteiger partial charge in [-0.05, 0) is 104 Å². The Balaban J connectivity index is 0.000000182. The molecule has 0 spiro atoms. The quantitative estimate of drug-likeness (QED) is 0.510. The van der Waals surface area contributed by atoms with Gasteiger partial charge in [-0.2, -0.15) is 13.2 Å². The van der Waals surface area contributed by atoms with E-state index in [2.05, 4.69) is 10.8 Å². The third kappa shape index (κ3) is 6.42. The number of aliphatic carboxylic acids is 1. The van der Waals surface area contributed by atoms with Crippen LogP contribution in [0.15, 0.2) is 41.3 Å². The van der Waals surface area contributed by atoms with Crippen molar-refractivity contribution in [2.75, 3.05) is 13.7 Å². The summed E-state index contributed by atoms with van der Waals surface area (Å²) in [5, 5.41) is 8.55. The van der Waals surface area contributed by atoms with E-state index < -0.39 is 17.7 Å². The fraction of sp³-hybridized carbons (Fsp3) is 0.458. The molecule has 0 amide bonds. The summed E-state index contributed by atoms with van der Waals surface area (Å²) in [7, 11) is 1.70. The summed E-state index contributed by atoms with van der Waals surface area (Å²) in [4.78, 5) is 11.0. The van der Waals surface area contributed by atoms with Gasteiger partial charge in [0.1, 0.15) is 5.75 Å². The Morgan fingerprint density at radius 3 is 2.53 bits per heavy atom. The molecular weight excluding hydrogens is 439 g/mol. The van der Waals surface area contributed by atoms with Gasteiger partial charge in [-0.25, -0.2) is 4.79 Å². The molecule has 1 saturated carbocycles. The number of halogens is 3. The summed E-state index contributed by atoms with van der Waals surface area (Å²) in [6.45, 7) is 1.76. The number of rotatable bonds is 6. The van der Waals surface area contributed by atoms with Crippen LogP contribution in [-0.2, 0) is 29.2 Å². The van der Waals surface area contributed by atoms with Crippen LogP contribution in [0.25, 0.3) is 0 Å². The van der Waals surface area contributed by atoms with Gasteiger partial charge in [-0.15, -0.1) is 0 Å². The number of benzene rings is 2. The van der Waals surface area contributed by atoms with Gasteiger partial charge in [0.05, 0.1) is 5.56 Å². The lowest BCUT2D eigenvalue weighted by Gasteiger charge is -2.18. The fourth-order valence-electron chi connectivity index (χ4n) is 3.79. The Morgan fingerprint density at radius 1 is 1.19 bits per heavy atom. The average molecular weight is 468 g/mol. The molecule has 2 aliphatic rings. The minimum Gasteiger partial charge on any atom is -0.482 e. The largest absolute Gasteiger partial charge is 0.482 e. The third-order valence-electron chi connectivity index (χ3n) is 5.85. The van der Waals surface area contributed by atoms with Gasteiger partial charge in [0.2, 0.25) is 0 Å². The van der Waals surface area contributed by atoms with Crippen molar-refractivity contribution in [3.8, 4) is 5.75 Å². The highest BCUT2D eigenvalue weighted by Gasteiger charge is 2.41. The maximum Gasteiger partial charge on any atom is 0.416 e. The topological polar surface area (TPSA) is 58.6 Å². The van der Waals surface area contributed by atoms with E-state index in [0.717, 1.165) is 37.0 Å². The molecule has 2 aromatic carbocycles. The predicted molar refractivity (Wildman–Crippen MR) is 119 cm³/mol. The standard InChI is InChI=1S/C12H14F3NS.C12H14O3/c1-11(3-4-11)8-5-9(12(13,14)15)7-10(6-8)17-16-2;13-12(14)8-15-11-7-3-5-9-4-1-2-6-10(9)11/h5-7,16H,3-4H2,1-2H3;3,5,7H,1-2,4,6,8H2,(H,13,14). The maximum atomic E-state index is 12.8. The number of alkyl halides is 3. The van der Waals surface area contributed by atoms with Gasteiger partial charge >= 0.3 is 12.1 Å². The van der Waals surface area contributed by atoms with Crippen LogP contribution in [0.5, 0.6) is 5.75 Å². The number of ether oxygens (including phenoxy) is 1. The Hall–Kier alpha value is -2.19. The molecule has 2 N–H and O–H groups in total. The molecule has 0 atom stereocenters. The Kier molecular flexibility index (Phi) is 7.77. The molecule has 0 aliphatic heterocycles. The monoisotopic (exact) mass is 467 g/mol. The molecule has 174 valence electrons. The number of hydrogen-bond acceptors (Lipinski definition) is 4. The van der Waals surface area contributed by atoms with Crippen LogP contribution in [0.4, 0.5) is 13.2 Å². The first-order valence-electron chi connectivity index (χ1n) is 10.6. The molecule has 8 heteroatoms. The van der Waals surface area contributed by atoms with Crippen molar-refractivity contribution in [1.29, 1.82) is 0 Å². The SMILES string of the molecule is CNSc1cc(C(F)(F)F)cc(C2(C)CC2)c1.O=C(O)COc1cccc2c1CCCC2. The molecule has 0 aromatic heterocycles. The molecule has 1 fully saturated rings. The van der Waals surface area contributed by atoms with E-state index in [1.54, 1.807) is 7.05 Å². The number of fused-ring (bicyclic) bond motifs is 1. The molecule has 4 rings (SSSR count). The number of aryl methyl sites for hydroxylation is 1. The highest BCUT2D eigenvalue weighted by molar-refractivity contribution is 7.97. The minimum absolute atomic E-state index is 0.0513. The van der Waals surface area contributed by atoms with E-state index >= 15 is 0 Å². The Morgan fingerprint density at radius 2 is 1.91 bits per heavy atom. The van der Waals surface area contributed by atoms with Gasteiger partial charge in [0.25, 0.3) is 0 Å². The van der Waals surface area contributed by atoms with E-state index in [4.69, 9.17) is 9.84 Å². The molecule has 2 aromatic rings. The summed E-state index contributed by atoms with van der Waals surface area (Å²) in [5.41, 5.74) is 2.70. The van der Waals surface area contributed by atoms with Crippen LogP contribution >= 0.6 is 11.9 Å². The molecular formula is C24H28F3NO3S. The van der Waals surface area contributed by atoms with Crippen molar-refractivity contribution < 1.29 is 27.8 Å². The van der Waals surface area contributed by atoms with Crippen molar-refractivity contribution >= 4 is 17.9 Å². The molecule has 32 heavy (non-hydrogen) atoms. The maximum absolute atomic E-state index is 12.8. The lowest BCUT2D eigenvalue weighted by atomic mass is 9.91. The predicted octanol–water partition coefficient (Wildman–Crippen LogP) is 6.01. The zero-order valence-corrected chi connectivity index (χ0v) is 19.0. The second kappa shape index (κ2) is 10.2. The number of carboxylic acid groups (broad SMARTS) is 1. The van der Waals surface area contributed by atoms with Crippen molar-refractivity contribution in [2.45, 2.75) is 61.9 Å². The van der Waals surface area contributed by atoms with Gasteiger partial charge in [-0.1, -0.05) is 19.1 Å². The summed E-state index contributed by atoms with van der Waals surface area (Å²) in [5.74, 6) is -0.182. The van der Waals surface area contributed by atoms with E-state index in [-0.39, 0.29) is 12.0 Å². The number of hydrogen-bond donors (Lipinski definition) is 2. The van der Waals surface area contributed by atoms with Crippen molar-refractivity contribution in [2.24, 2.45) is 0 Å². The summed E-state index contributed by atoms with van der Waals surface area (Å²) in [6, 6.07) is 10.2. The summed E-state index contributed by atoms with van der Waals surface area (Å²) < 4.78 is 46.4. The lowest BCUT2D eigenvalue weighted by Crippen LogP contribution is -2.12. The van der Waals surface area contributed by atoms with Crippen LogP contribution in [0, 0.1) is 0 Å². The molecule has 0 unspecified atom stereocenters. The second-order valence-electron chi connectivity index (χ2n) is 8.39. The molecule has 0 heterocycles. The molecule has 0 bridgehead atoms. The van der Waals surface area contributed by atoms with Gasteiger partial charge in [-0.3, -0.25) is 4.72 Å². The fourth-order valence-corrected chi connectivity index (χ4v) is 4.39. The number of nitrogens with one attached hydrogen (secondary N) is 1. The van der Waals surface area contributed by atoms with Crippen LogP contribution < -0.4 is 9.46 Å². The first kappa shape index (κ1) is 24.5. The number of carboxylic acids is 1. The summed E-state index contributed by atoms with van der Waals surface area (Å²) >= 11 is 1.21.